The summed E-state index contributed by atoms with van der Waals surface area (Å²) in [5, 5.41) is 9.16. The van der Waals surface area contributed by atoms with Crippen molar-refractivity contribution in [2.45, 2.75) is 31.5 Å². The molecule has 0 saturated heterocycles. The van der Waals surface area contributed by atoms with Crippen molar-refractivity contribution in [2.24, 2.45) is 0 Å². The van der Waals surface area contributed by atoms with Crippen LogP contribution < -0.4 is 4.90 Å². The second-order valence-corrected chi connectivity index (χ2v) is 8.83. The van der Waals surface area contributed by atoms with Gasteiger partial charge in [0.05, 0.1) is 28.9 Å². The number of Topliss-reactive ketones (excluding diaryl/α,β-unsaturated/α-hetero) is 1. The minimum atomic E-state index is -4.55. The average Bonchev–Trinajstić information content (AvgIpc) is 2.75. The van der Waals surface area contributed by atoms with Crippen LogP contribution >= 0.6 is 22.6 Å². The number of rotatable bonds is 2. The van der Waals surface area contributed by atoms with E-state index in [0.29, 0.717) is 41.7 Å². The molecule has 1 unspecified atom stereocenters. The van der Waals surface area contributed by atoms with Crippen molar-refractivity contribution in [2.75, 3.05) is 11.9 Å². The van der Waals surface area contributed by atoms with Gasteiger partial charge in [-0.05, 0) is 71.3 Å². The molecule has 0 aromatic heterocycles. The summed E-state index contributed by atoms with van der Waals surface area (Å²) in [4.78, 5) is 29.1. The van der Waals surface area contributed by atoms with Crippen LogP contribution in [0.25, 0.3) is 0 Å². The van der Waals surface area contributed by atoms with E-state index in [2.05, 4.69) is 28.7 Å². The highest BCUT2D eigenvalue weighted by atomic mass is 127. The van der Waals surface area contributed by atoms with Gasteiger partial charge in [0, 0.05) is 28.3 Å². The zero-order chi connectivity index (χ0) is 23.2. The van der Waals surface area contributed by atoms with Crippen LogP contribution in [0, 0.1) is 14.9 Å². The molecule has 2 amide bonds. The molecule has 0 saturated carbocycles. The molecule has 4 rings (SSSR count). The van der Waals surface area contributed by atoms with Crippen molar-refractivity contribution >= 4 is 40.1 Å². The molecular weight excluding hydrogens is 534 g/mol. The summed E-state index contributed by atoms with van der Waals surface area (Å²) < 4.78 is 40.6. The number of amides is 2. The molecule has 2 aliphatic rings. The van der Waals surface area contributed by atoms with Crippen molar-refractivity contribution in [3.8, 4) is 6.07 Å². The number of benzene rings is 2. The first-order chi connectivity index (χ1) is 15.1. The molecular formula is C23H17F3IN3O2. The summed E-state index contributed by atoms with van der Waals surface area (Å²) in [6, 6.07) is 10.5. The number of nitriles is 1. The van der Waals surface area contributed by atoms with Gasteiger partial charge >= 0.3 is 12.2 Å². The molecule has 2 aromatic rings. The third-order valence-corrected chi connectivity index (χ3v) is 6.64. The van der Waals surface area contributed by atoms with Crippen LogP contribution in [-0.4, -0.2) is 23.8 Å². The van der Waals surface area contributed by atoms with E-state index >= 15 is 0 Å². The van der Waals surface area contributed by atoms with Gasteiger partial charge < -0.3 is 4.90 Å². The number of halogens is 4. The van der Waals surface area contributed by atoms with Crippen LogP contribution in [-0.2, 0) is 11.0 Å². The number of nitrogens with zero attached hydrogens (tertiary/aromatic N) is 3. The number of urea groups is 1. The number of ketones is 1. The fourth-order valence-corrected chi connectivity index (χ4v) is 5.05. The Morgan fingerprint density at radius 2 is 1.88 bits per heavy atom. The lowest BCUT2D eigenvalue weighted by Crippen LogP contribution is -2.50. The number of carbonyl (C=O) groups is 2. The lowest BCUT2D eigenvalue weighted by atomic mass is 9.83. The molecule has 0 fully saturated rings. The molecule has 164 valence electrons. The van der Waals surface area contributed by atoms with E-state index in [9.17, 15) is 22.8 Å². The molecule has 0 bridgehead atoms. The highest BCUT2D eigenvalue weighted by Gasteiger charge is 2.44. The number of anilines is 1. The van der Waals surface area contributed by atoms with Crippen LogP contribution in [0.2, 0.25) is 0 Å². The molecule has 1 aliphatic heterocycles. The lowest BCUT2D eigenvalue weighted by Gasteiger charge is -2.44. The summed E-state index contributed by atoms with van der Waals surface area (Å²) in [5.41, 5.74) is 1.22. The number of allylic oxidation sites excluding steroid dienone is 1. The standard InChI is InChI=1S/C23H17F3IN3O2/c1-29-21(16-9-8-13(12-28)10-17(16)27)20-18(6-3-7-19(20)31)30(22(29)32)15-5-2-4-14(11-15)23(24,25)26/h2,4-5,8-11,21H,3,6-7H2,1H3. The predicted octanol–water partition coefficient (Wildman–Crippen LogP) is 5.80. The number of hydrogen-bond acceptors (Lipinski definition) is 3. The van der Waals surface area contributed by atoms with Crippen LogP contribution in [0.3, 0.4) is 0 Å². The summed E-state index contributed by atoms with van der Waals surface area (Å²) in [6.07, 6.45) is -3.33. The summed E-state index contributed by atoms with van der Waals surface area (Å²) in [7, 11) is 1.54. The Labute approximate surface area is 196 Å². The largest absolute Gasteiger partial charge is 0.416 e. The number of likely N-dealkylation sites (N-methyl/N-ethyl adjacent to an activating group) is 1. The van der Waals surface area contributed by atoms with Crippen molar-refractivity contribution in [1.82, 2.24) is 4.90 Å². The van der Waals surface area contributed by atoms with E-state index in [1.807, 2.05) is 0 Å². The molecule has 5 nitrogen and oxygen atoms in total. The highest BCUT2D eigenvalue weighted by Crippen LogP contribution is 2.45. The molecule has 1 aliphatic carbocycles. The molecule has 0 radical (unpaired) electrons. The smallest absolute Gasteiger partial charge is 0.316 e. The Bertz CT molecular complexity index is 1200. The summed E-state index contributed by atoms with van der Waals surface area (Å²) in [6.45, 7) is 0. The SMILES string of the molecule is CN1C(=O)N(c2cccc(C(F)(F)F)c2)C2=C(C(=O)CCC2)C1c1ccc(C#N)cc1I. The van der Waals surface area contributed by atoms with Crippen molar-refractivity contribution < 1.29 is 22.8 Å². The second-order valence-electron chi connectivity index (χ2n) is 7.66. The third-order valence-electron chi connectivity index (χ3n) is 5.71. The molecule has 0 spiro atoms. The fraction of sp³-hybridized carbons (Fsp3) is 0.261. The first-order valence-corrected chi connectivity index (χ1v) is 10.9. The minimum absolute atomic E-state index is 0.0758. The van der Waals surface area contributed by atoms with Gasteiger partial charge in [0.25, 0.3) is 0 Å². The molecule has 1 atom stereocenters. The Morgan fingerprint density at radius 3 is 2.53 bits per heavy atom. The van der Waals surface area contributed by atoms with Crippen LogP contribution in [0.15, 0.2) is 53.7 Å². The maximum Gasteiger partial charge on any atom is 0.416 e. The van der Waals surface area contributed by atoms with Crippen molar-refractivity contribution in [3.63, 3.8) is 0 Å². The predicted molar refractivity (Wildman–Crippen MR) is 120 cm³/mol. The van der Waals surface area contributed by atoms with Gasteiger partial charge in [-0.1, -0.05) is 12.1 Å². The summed E-state index contributed by atoms with van der Waals surface area (Å²) in [5.74, 6) is -0.132. The van der Waals surface area contributed by atoms with Gasteiger partial charge in [-0.25, -0.2) is 4.79 Å². The van der Waals surface area contributed by atoms with Crippen LogP contribution in [0.5, 0.6) is 0 Å². The van der Waals surface area contributed by atoms with Crippen molar-refractivity contribution in [1.29, 1.82) is 5.26 Å². The first-order valence-electron chi connectivity index (χ1n) is 9.83. The Hall–Kier alpha value is -2.87. The van der Waals surface area contributed by atoms with E-state index in [-0.39, 0.29) is 11.5 Å². The molecule has 9 heteroatoms. The second kappa shape index (κ2) is 8.24. The molecule has 32 heavy (non-hydrogen) atoms. The lowest BCUT2D eigenvalue weighted by molar-refractivity contribution is -0.137. The number of carbonyl (C=O) groups excluding carboxylic acids is 2. The van der Waals surface area contributed by atoms with Gasteiger partial charge in [-0.2, -0.15) is 18.4 Å². The maximum absolute atomic E-state index is 13.4. The zero-order valence-electron chi connectivity index (χ0n) is 16.9. The van der Waals surface area contributed by atoms with Crippen LogP contribution in [0.4, 0.5) is 23.7 Å². The zero-order valence-corrected chi connectivity index (χ0v) is 19.1. The van der Waals surface area contributed by atoms with E-state index < -0.39 is 23.8 Å². The quantitative estimate of drug-likeness (QED) is 0.444. The van der Waals surface area contributed by atoms with Crippen molar-refractivity contribution in [3.05, 3.63) is 74.0 Å². The van der Waals surface area contributed by atoms with E-state index in [1.165, 1.54) is 29.0 Å². The minimum Gasteiger partial charge on any atom is -0.316 e. The first kappa shape index (κ1) is 22.3. The van der Waals surface area contributed by atoms with E-state index in [0.717, 1.165) is 15.7 Å². The van der Waals surface area contributed by atoms with E-state index in [1.54, 1.807) is 18.2 Å². The van der Waals surface area contributed by atoms with E-state index in [4.69, 9.17) is 5.26 Å². The van der Waals surface area contributed by atoms with Gasteiger partial charge in [0.1, 0.15) is 0 Å². The van der Waals surface area contributed by atoms with Crippen LogP contribution in [0.1, 0.15) is 42.0 Å². The van der Waals surface area contributed by atoms with Gasteiger partial charge in [0.2, 0.25) is 0 Å². The number of hydrogen-bond donors (Lipinski definition) is 0. The Morgan fingerprint density at radius 1 is 1.12 bits per heavy atom. The number of alkyl halides is 3. The Kier molecular flexibility index (Phi) is 5.75. The normalized spacial score (nSPS) is 19.2. The molecule has 1 heterocycles. The topological polar surface area (TPSA) is 64.4 Å². The molecule has 0 N–H and O–H groups in total. The van der Waals surface area contributed by atoms with Gasteiger partial charge in [-0.3, -0.25) is 9.69 Å². The van der Waals surface area contributed by atoms with Gasteiger partial charge in [-0.15, -0.1) is 0 Å². The maximum atomic E-state index is 13.4. The average molecular weight is 551 g/mol. The Balaban J connectivity index is 1.91. The highest BCUT2D eigenvalue weighted by molar-refractivity contribution is 14.1. The molecule has 2 aromatic carbocycles. The fourth-order valence-electron chi connectivity index (χ4n) is 4.24. The third kappa shape index (κ3) is 3.77. The van der Waals surface area contributed by atoms with Gasteiger partial charge in [0.15, 0.2) is 5.78 Å². The monoisotopic (exact) mass is 551 g/mol. The summed E-state index contributed by atoms with van der Waals surface area (Å²) >= 11 is 2.07.